The molecule has 0 saturated heterocycles. The molecule has 0 atom stereocenters. The molecule has 2 aliphatic rings. The smallest absolute Gasteiger partial charge is 0.396 e. The summed E-state index contributed by atoms with van der Waals surface area (Å²) in [4.78, 5) is 0. The molecule has 0 N–H and O–H groups in total. The van der Waals surface area contributed by atoms with Gasteiger partial charge in [0.15, 0.2) is 5.70 Å². The Morgan fingerprint density at radius 2 is 1.84 bits per heavy atom. The first kappa shape index (κ1) is 15.8. The lowest BCUT2D eigenvalue weighted by Crippen LogP contribution is -2.49. The zero-order valence-corrected chi connectivity index (χ0v) is 12.4. The summed E-state index contributed by atoms with van der Waals surface area (Å²) in [5.41, 5.74) is -1.67. The quantitative estimate of drug-likeness (QED) is 0.533. The van der Waals surface area contributed by atoms with Crippen molar-refractivity contribution in [2.24, 2.45) is 0 Å². The molecule has 0 bridgehead atoms. The van der Waals surface area contributed by atoms with E-state index in [9.17, 15) is 26.2 Å². The van der Waals surface area contributed by atoms with Crippen LogP contribution in [0.15, 0.2) is 54.4 Å². The van der Waals surface area contributed by atoms with Gasteiger partial charge in [0.2, 0.25) is 0 Å². The van der Waals surface area contributed by atoms with Gasteiger partial charge in [-0.3, -0.25) is 0 Å². The molecule has 0 unspecified atom stereocenters. The predicted molar refractivity (Wildman–Crippen MR) is 80.7 cm³/mol. The van der Waals surface area contributed by atoms with E-state index in [2.05, 4.69) is 0 Å². The highest BCUT2D eigenvalue weighted by Crippen LogP contribution is 2.43. The summed E-state index contributed by atoms with van der Waals surface area (Å²) in [6.45, 7) is -4.21. The Hall–Kier alpha value is -2.71. The molecule has 2 nitrogen and oxygen atoms in total. The van der Waals surface area contributed by atoms with Gasteiger partial charge in [-0.25, -0.2) is 4.39 Å². The van der Waals surface area contributed by atoms with Gasteiger partial charge in [-0.2, -0.15) is 13.2 Å². The van der Waals surface area contributed by atoms with Crippen LogP contribution < -0.4 is 0 Å². The molecule has 2 aromatic rings. The summed E-state index contributed by atoms with van der Waals surface area (Å²) in [5, 5.41) is 0. The third kappa shape index (κ3) is 2.18. The highest BCUT2D eigenvalue weighted by atomic mass is 19.4. The highest BCUT2D eigenvalue weighted by Gasteiger charge is 2.52. The molecule has 9 heteroatoms. The van der Waals surface area contributed by atoms with Crippen molar-refractivity contribution in [3.63, 3.8) is 0 Å². The SMILES string of the molecule is Fc1ccc(C2=C3C=CC=[N+]3[B-](F)(F)n3cccc32)c(C(F)(F)F)c1. The van der Waals surface area contributed by atoms with Gasteiger partial charge < -0.3 is 17.6 Å². The number of rotatable bonds is 1. The molecular formula is C16H9BF6N2. The fourth-order valence-corrected chi connectivity index (χ4v) is 3.26. The van der Waals surface area contributed by atoms with Crippen LogP contribution in [-0.4, -0.2) is 22.1 Å². The van der Waals surface area contributed by atoms with Gasteiger partial charge in [0.25, 0.3) is 0 Å². The molecular weight excluding hydrogens is 345 g/mol. The zero-order chi connectivity index (χ0) is 18.0. The van der Waals surface area contributed by atoms with Crippen LogP contribution >= 0.6 is 0 Å². The van der Waals surface area contributed by atoms with Crippen molar-refractivity contribution in [3.05, 3.63) is 77.0 Å². The average molecular weight is 354 g/mol. The van der Waals surface area contributed by atoms with Gasteiger partial charge in [-0.1, -0.05) is 6.07 Å². The summed E-state index contributed by atoms with van der Waals surface area (Å²) in [5.74, 6) is -1.05. The van der Waals surface area contributed by atoms with Gasteiger partial charge in [-0.05, 0) is 30.5 Å². The predicted octanol–water partition coefficient (Wildman–Crippen LogP) is 4.29. The fourth-order valence-electron chi connectivity index (χ4n) is 3.26. The fraction of sp³-hybridized carbons (Fsp3) is 0.0625. The molecule has 0 saturated carbocycles. The number of aromatic nitrogens is 1. The standard InChI is InChI=1S/C16H9BF6N2/c18-10-5-6-11(12(9-10)16(19,20)21)15-13-3-1-7-24(13)17(22,23)25-8-2-4-14(15)25/h1-9H. The van der Waals surface area contributed by atoms with E-state index in [0.29, 0.717) is 15.0 Å². The molecule has 4 rings (SSSR count). The Morgan fingerprint density at radius 3 is 2.56 bits per heavy atom. The first-order chi connectivity index (χ1) is 11.7. The summed E-state index contributed by atoms with van der Waals surface area (Å²) >= 11 is 0. The van der Waals surface area contributed by atoms with E-state index in [1.54, 1.807) is 0 Å². The Morgan fingerprint density at radius 1 is 1.08 bits per heavy atom. The lowest BCUT2D eigenvalue weighted by Gasteiger charge is -2.31. The Bertz CT molecular complexity index is 981. The van der Waals surface area contributed by atoms with Crippen LogP contribution in [0, 0.1) is 5.82 Å². The van der Waals surface area contributed by atoms with Gasteiger partial charge >= 0.3 is 13.1 Å². The summed E-state index contributed by atoms with van der Waals surface area (Å²) in [6.07, 6.45) is 0.0771. The lowest BCUT2D eigenvalue weighted by molar-refractivity contribution is -0.356. The van der Waals surface area contributed by atoms with Crippen LogP contribution in [-0.2, 0) is 6.18 Å². The van der Waals surface area contributed by atoms with Gasteiger partial charge in [0.05, 0.1) is 11.1 Å². The van der Waals surface area contributed by atoms with Gasteiger partial charge in [0.1, 0.15) is 12.0 Å². The molecule has 0 fully saturated rings. The Kier molecular flexibility index (Phi) is 3.10. The van der Waals surface area contributed by atoms with Crippen molar-refractivity contribution >= 4 is 18.8 Å². The Balaban J connectivity index is 2.08. The minimum absolute atomic E-state index is 0.0184. The van der Waals surface area contributed by atoms with Crippen molar-refractivity contribution in [2.75, 3.05) is 0 Å². The van der Waals surface area contributed by atoms with Crippen molar-refractivity contribution in [2.45, 2.75) is 6.18 Å². The number of alkyl halides is 3. The van der Waals surface area contributed by atoms with Crippen LogP contribution in [0.4, 0.5) is 26.2 Å². The molecule has 128 valence electrons. The lowest BCUT2D eigenvalue weighted by atomic mass is 9.85. The normalized spacial score (nSPS) is 18.2. The minimum Gasteiger partial charge on any atom is -0.396 e. The molecule has 25 heavy (non-hydrogen) atoms. The molecule has 0 spiro atoms. The van der Waals surface area contributed by atoms with E-state index in [1.165, 1.54) is 24.3 Å². The van der Waals surface area contributed by atoms with Crippen LogP contribution in [0.3, 0.4) is 0 Å². The van der Waals surface area contributed by atoms with Crippen molar-refractivity contribution in [1.82, 2.24) is 4.48 Å². The van der Waals surface area contributed by atoms with Crippen LogP contribution in [0.5, 0.6) is 0 Å². The van der Waals surface area contributed by atoms with E-state index in [1.807, 2.05) is 0 Å². The second kappa shape index (κ2) is 4.90. The van der Waals surface area contributed by atoms with Crippen LogP contribution in [0.1, 0.15) is 16.8 Å². The topological polar surface area (TPSA) is 7.94 Å². The number of hydrogen-bond acceptors (Lipinski definition) is 0. The third-order valence-corrected chi connectivity index (χ3v) is 4.30. The first-order valence-corrected chi connectivity index (χ1v) is 7.32. The number of halogens is 6. The highest BCUT2D eigenvalue weighted by molar-refractivity contribution is 6.57. The molecule has 0 amide bonds. The van der Waals surface area contributed by atoms with E-state index in [4.69, 9.17) is 0 Å². The van der Waals surface area contributed by atoms with Crippen molar-refractivity contribution in [1.29, 1.82) is 0 Å². The number of benzene rings is 1. The summed E-state index contributed by atoms with van der Waals surface area (Å²) < 4.78 is 84.2. The third-order valence-electron chi connectivity index (χ3n) is 4.30. The number of allylic oxidation sites excluding steroid dienone is 2. The molecule has 3 heterocycles. The monoisotopic (exact) mass is 354 g/mol. The largest absolute Gasteiger partial charge is 0.737 e. The van der Waals surface area contributed by atoms with E-state index in [0.717, 1.165) is 24.5 Å². The average Bonchev–Trinajstić information content (AvgIpc) is 3.17. The van der Waals surface area contributed by atoms with Gasteiger partial charge in [-0.15, -0.1) is 0 Å². The molecule has 0 aliphatic carbocycles. The molecule has 2 aliphatic heterocycles. The van der Waals surface area contributed by atoms with E-state index in [-0.39, 0.29) is 22.5 Å². The number of nitrogens with zero attached hydrogens (tertiary/aromatic N) is 2. The van der Waals surface area contributed by atoms with Crippen molar-refractivity contribution < 1.29 is 30.7 Å². The molecule has 0 radical (unpaired) electrons. The number of hydrogen-bond donors (Lipinski definition) is 0. The summed E-state index contributed by atoms with van der Waals surface area (Å²) in [7, 11) is 0. The number of fused-ring (bicyclic) bond motifs is 2. The second-order valence-electron chi connectivity index (χ2n) is 5.75. The van der Waals surface area contributed by atoms with Gasteiger partial charge in [0, 0.05) is 23.4 Å². The van der Waals surface area contributed by atoms with E-state index >= 15 is 0 Å². The van der Waals surface area contributed by atoms with E-state index < -0.39 is 24.5 Å². The minimum atomic E-state index is -4.83. The van der Waals surface area contributed by atoms with Crippen LogP contribution in [0.2, 0.25) is 0 Å². The maximum Gasteiger partial charge on any atom is 0.737 e. The first-order valence-electron chi connectivity index (χ1n) is 7.32. The maximum atomic E-state index is 14.6. The zero-order valence-electron chi connectivity index (χ0n) is 12.4. The maximum absolute atomic E-state index is 14.6. The Labute approximate surface area is 138 Å². The van der Waals surface area contributed by atoms with Crippen molar-refractivity contribution in [3.8, 4) is 0 Å². The molecule has 1 aromatic heterocycles. The van der Waals surface area contributed by atoms with Crippen LogP contribution in [0.25, 0.3) is 5.57 Å². The second-order valence-corrected chi connectivity index (χ2v) is 5.75. The summed E-state index contributed by atoms with van der Waals surface area (Å²) in [6, 6.07) is 4.90. The molecule has 1 aromatic carbocycles.